The van der Waals surface area contributed by atoms with Gasteiger partial charge in [-0.1, -0.05) is 16.8 Å². The Balaban J connectivity index is 2.01. The van der Waals surface area contributed by atoms with E-state index in [1.54, 1.807) is 18.2 Å². The highest BCUT2D eigenvalue weighted by Gasteiger charge is 2.14. The lowest BCUT2D eigenvalue weighted by Gasteiger charge is -1.99. The molecule has 7 heteroatoms. The summed E-state index contributed by atoms with van der Waals surface area (Å²) in [4.78, 5) is 4.16. The number of anilines is 1. The van der Waals surface area contributed by atoms with Crippen LogP contribution >= 0.6 is 11.6 Å². The van der Waals surface area contributed by atoms with Gasteiger partial charge in [0.1, 0.15) is 0 Å². The van der Waals surface area contributed by atoms with Crippen LogP contribution in [0.15, 0.2) is 40.9 Å². The molecule has 21 heavy (non-hydrogen) atoms. The molecule has 0 unspecified atom stereocenters. The summed E-state index contributed by atoms with van der Waals surface area (Å²) in [7, 11) is 0. The Hall–Kier alpha value is -2.60. The van der Waals surface area contributed by atoms with Crippen molar-refractivity contribution in [2.75, 3.05) is 5.73 Å². The molecule has 3 N–H and O–H groups in total. The average molecular weight is 306 g/mol. The number of nitrogens with two attached hydrogens (primary N) is 1. The third kappa shape index (κ3) is 2.53. The molecule has 106 valence electrons. The molecule has 0 aliphatic rings. The van der Waals surface area contributed by atoms with Crippen molar-refractivity contribution in [3.8, 4) is 28.6 Å². The van der Waals surface area contributed by atoms with Gasteiger partial charge in [-0.25, -0.2) is 4.39 Å². The van der Waals surface area contributed by atoms with Crippen molar-refractivity contribution in [1.29, 1.82) is 0 Å². The summed E-state index contributed by atoms with van der Waals surface area (Å²) >= 11 is 6.06. The fraction of sp³-hybridized carbons (Fsp3) is 0. The van der Waals surface area contributed by atoms with Crippen LogP contribution in [0.5, 0.6) is 5.75 Å². The van der Waals surface area contributed by atoms with Crippen molar-refractivity contribution < 1.29 is 14.0 Å². The Kier molecular flexibility index (Phi) is 3.23. The van der Waals surface area contributed by atoms with Crippen molar-refractivity contribution in [1.82, 2.24) is 10.1 Å². The monoisotopic (exact) mass is 305 g/mol. The van der Waals surface area contributed by atoms with Gasteiger partial charge >= 0.3 is 0 Å². The lowest BCUT2D eigenvalue weighted by atomic mass is 10.2. The molecule has 3 rings (SSSR count). The van der Waals surface area contributed by atoms with E-state index in [9.17, 15) is 4.39 Å². The molecule has 1 heterocycles. The summed E-state index contributed by atoms with van der Waals surface area (Å²) in [5, 5.41) is 13.3. The summed E-state index contributed by atoms with van der Waals surface area (Å²) < 4.78 is 18.5. The smallest absolute Gasteiger partial charge is 0.259 e. The van der Waals surface area contributed by atoms with Crippen LogP contribution < -0.4 is 5.73 Å². The van der Waals surface area contributed by atoms with E-state index in [1.165, 1.54) is 12.1 Å². The van der Waals surface area contributed by atoms with Crippen molar-refractivity contribution in [3.05, 3.63) is 47.2 Å². The first-order valence-corrected chi connectivity index (χ1v) is 6.30. The topological polar surface area (TPSA) is 85.2 Å². The highest BCUT2D eigenvalue weighted by Crippen LogP contribution is 2.30. The highest BCUT2D eigenvalue weighted by atomic mass is 35.5. The number of phenolic OH excluding ortho intramolecular Hbond substituents is 1. The maximum absolute atomic E-state index is 13.3. The molecular formula is C14H9ClFN3O2. The number of hydrogen-bond acceptors (Lipinski definition) is 5. The van der Waals surface area contributed by atoms with E-state index in [4.69, 9.17) is 27.0 Å². The van der Waals surface area contributed by atoms with Gasteiger partial charge in [0.25, 0.3) is 5.89 Å². The van der Waals surface area contributed by atoms with Gasteiger partial charge in [0, 0.05) is 11.3 Å². The number of halogens is 2. The quantitative estimate of drug-likeness (QED) is 0.708. The molecule has 1 aromatic heterocycles. The molecule has 3 aromatic rings. The fourth-order valence-electron chi connectivity index (χ4n) is 1.80. The molecule has 0 saturated carbocycles. The number of aromatic hydroxyl groups is 1. The van der Waals surface area contributed by atoms with Crippen LogP contribution in [0.2, 0.25) is 5.02 Å². The Bertz CT molecular complexity index is 820. The van der Waals surface area contributed by atoms with Gasteiger partial charge in [0.15, 0.2) is 11.6 Å². The molecule has 0 saturated heterocycles. The van der Waals surface area contributed by atoms with Gasteiger partial charge in [-0.05, 0) is 36.4 Å². The van der Waals surface area contributed by atoms with Crippen LogP contribution in [-0.2, 0) is 0 Å². The van der Waals surface area contributed by atoms with Gasteiger partial charge in [0.2, 0.25) is 5.82 Å². The van der Waals surface area contributed by atoms with Crippen molar-refractivity contribution in [2.24, 2.45) is 0 Å². The summed E-state index contributed by atoms with van der Waals surface area (Å²) in [6.45, 7) is 0. The first-order valence-electron chi connectivity index (χ1n) is 5.92. The minimum absolute atomic E-state index is 0.191. The molecule has 0 spiro atoms. The molecular weight excluding hydrogens is 297 g/mol. The molecule has 0 aliphatic heterocycles. The van der Waals surface area contributed by atoms with Crippen LogP contribution in [0.3, 0.4) is 0 Å². The molecule has 0 amide bonds. The van der Waals surface area contributed by atoms with E-state index >= 15 is 0 Å². The summed E-state index contributed by atoms with van der Waals surface area (Å²) in [5.41, 5.74) is 7.05. The molecule has 0 aliphatic carbocycles. The average Bonchev–Trinajstić information content (AvgIpc) is 2.91. The second kappa shape index (κ2) is 5.06. The number of rotatable bonds is 2. The largest absolute Gasteiger partial charge is 0.505 e. The van der Waals surface area contributed by atoms with Crippen molar-refractivity contribution in [3.63, 3.8) is 0 Å². The lowest BCUT2D eigenvalue weighted by Crippen LogP contribution is -1.87. The number of benzene rings is 2. The SMILES string of the molecule is Nc1ccc(-c2nc(-c3ccc(O)c(F)c3)no2)c(Cl)c1. The zero-order valence-corrected chi connectivity index (χ0v) is 11.3. The van der Waals surface area contributed by atoms with E-state index in [0.29, 0.717) is 21.8 Å². The van der Waals surface area contributed by atoms with E-state index in [0.717, 1.165) is 6.07 Å². The van der Waals surface area contributed by atoms with Crippen LogP contribution in [0.1, 0.15) is 0 Å². The Morgan fingerprint density at radius 3 is 2.71 bits per heavy atom. The van der Waals surface area contributed by atoms with Gasteiger partial charge < -0.3 is 15.4 Å². The predicted molar refractivity (Wildman–Crippen MR) is 76.2 cm³/mol. The van der Waals surface area contributed by atoms with E-state index in [-0.39, 0.29) is 11.7 Å². The van der Waals surface area contributed by atoms with E-state index < -0.39 is 11.6 Å². The third-order valence-electron chi connectivity index (χ3n) is 2.86. The minimum atomic E-state index is -0.760. The van der Waals surface area contributed by atoms with E-state index in [2.05, 4.69) is 10.1 Å². The summed E-state index contributed by atoms with van der Waals surface area (Å²) in [6.07, 6.45) is 0. The van der Waals surface area contributed by atoms with Crippen LogP contribution in [0, 0.1) is 5.82 Å². The highest BCUT2D eigenvalue weighted by molar-refractivity contribution is 6.33. The van der Waals surface area contributed by atoms with Gasteiger partial charge in [0.05, 0.1) is 10.6 Å². The molecule has 2 aromatic carbocycles. The van der Waals surface area contributed by atoms with Crippen LogP contribution in [0.25, 0.3) is 22.8 Å². The second-order valence-corrected chi connectivity index (χ2v) is 4.74. The molecule has 0 bridgehead atoms. The lowest BCUT2D eigenvalue weighted by molar-refractivity contribution is 0.430. The van der Waals surface area contributed by atoms with Gasteiger partial charge in [-0.15, -0.1) is 0 Å². The molecule has 0 radical (unpaired) electrons. The number of nitrogen functional groups attached to an aromatic ring is 1. The first-order chi connectivity index (χ1) is 10.0. The fourth-order valence-corrected chi connectivity index (χ4v) is 2.07. The van der Waals surface area contributed by atoms with E-state index in [1.807, 2.05) is 0 Å². The second-order valence-electron chi connectivity index (χ2n) is 4.33. The number of aromatic nitrogens is 2. The Morgan fingerprint density at radius 1 is 1.19 bits per heavy atom. The maximum Gasteiger partial charge on any atom is 0.259 e. The number of hydrogen-bond donors (Lipinski definition) is 2. The first kappa shape index (κ1) is 13.4. The van der Waals surface area contributed by atoms with Crippen LogP contribution in [-0.4, -0.2) is 15.2 Å². The van der Waals surface area contributed by atoms with Crippen molar-refractivity contribution in [2.45, 2.75) is 0 Å². The number of nitrogens with zero attached hydrogens (tertiary/aromatic N) is 2. The third-order valence-corrected chi connectivity index (χ3v) is 3.17. The zero-order chi connectivity index (χ0) is 15.0. The normalized spacial score (nSPS) is 10.8. The Morgan fingerprint density at radius 2 is 2.00 bits per heavy atom. The standard InChI is InChI=1S/C14H9ClFN3O2/c15-10-6-8(17)2-3-9(10)14-18-13(19-21-14)7-1-4-12(20)11(16)5-7/h1-6,20H,17H2. The predicted octanol–water partition coefficient (Wildman–Crippen LogP) is 3.48. The van der Waals surface area contributed by atoms with Gasteiger partial charge in [-0.3, -0.25) is 0 Å². The molecule has 0 atom stereocenters. The molecule has 0 fully saturated rings. The van der Waals surface area contributed by atoms with Crippen LogP contribution in [0.4, 0.5) is 10.1 Å². The van der Waals surface area contributed by atoms with Gasteiger partial charge in [-0.2, -0.15) is 4.98 Å². The minimum Gasteiger partial charge on any atom is -0.505 e. The van der Waals surface area contributed by atoms with Crippen molar-refractivity contribution >= 4 is 17.3 Å². The summed E-state index contributed by atoms with van der Waals surface area (Å²) in [6, 6.07) is 8.71. The number of phenols is 1. The maximum atomic E-state index is 13.3. The zero-order valence-electron chi connectivity index (χ0n) is 10.5. The molecule has 5 nitrogen and oxygen atoms in total. The summed E-state index contributed by atoms with van der Waals surface area (Å²) in [5.74, 6) is -0.811. The Labute approximate surface area is 123 Å².